The Kier molecular flexibility index (Phi) is 10.1. The average molecular weight is 270 g/mol. The van der Waals surface area contributed by atoms with Crippen molar-refractivity contribution < 1.29 is 14.2 Å². The first-order valence-electron chi connectivity index (χ1n) is 7.03. The number of nitrogens with one attached hydrogen (secondary N) is 1. The summed E-state index contributed by atoms with van der Waals surface area (Å²) in [7, 11) is 0. The smallest absolute Gasteiger partial charge is 0.0701 e. The van der Waals surface area contributed by atoms with Crippen LogP contribution < -0.4 is 5.43 Å². The molecule has 0 aliphatic carbocycles. The molecule has 0 aliphatic heterocycles. The van der Waals surface area contributed by atoms with Crippen LogP contribution in [0.5, 0.6) is 0 Å². The third-order valence-electron chi connectivity index (χ3n) is 2.53. The Morgan fingerprint density at radius 3 is 2.05 bits per heavy atom. The maximum Gasteiger partial charge on any atom is 0.0701 e. The van der Waals surface area contributed by atoms with Gasteiger partial charge >= 0.3 is 0 Å². The predicted molar refractivity (Wildman–Crippen MR) is 76.0 cm³/mol. The number of ether oxygens (including phenoxy) is 3. The van der Waals surface area contributed by atoms with E-state index in [9.17, 15) is 0 Å². The van der Waals surface area contributed by atoms with E-state index in [0.29, 0.717) is 33.0 Å². The number of nitrogens with zero attached hydrogens (tertiary/aromatic N) is 1. The van der Waals surface area contributed by atoms with Crippen molar-refractivity contribution in [2.75, 3.05) is 51.6 Å². The van der Waals surface area contributed by atoms with E-state index in [1.165, 1.54) is 6.42 Å². The first-order chi connectivity index (χ1) is 9.43. The molecular formula is C14H26N2O3. The summed E-state index contributed by atoms with van der Waals surface area (Å²) in [5.41, 5.74) is 3.19. The first kappa shape index (κ1) is 16.0. The molecule has 5 heteroatoms. The average Bonchev–Trinajstić information content (AvgIpc) is 2.93. The van der Waals surface area contributed by atoms with Crippen LogP contribution in [0.2, 0.25) is 0 Å². The van der Waals surface area contributed by atoms with Gasteiger partial charge in [-0.3, -0.25) is 4.68 Å². The SMILES string of the molecule is CCCCOCCOCCOCCNn1cccc1. The van der Waals surface area contributed by atoms with Gasteiger partial charge in [-0.15, -0.1) is 0 Å². The Morgan fingerprint density at radius 1 is 0.842 bits per heavy atom. The van der Waals surface area contributed by atoms with Crippen LogP contribution in [-0.2, 0) is 14.2 Å². The molecule has 0 amide bonds. The summed E-state index contributed by atoms with van der Waals surface area (Å²) >= 11 is 0. The molecule has 19 heavy (non-hydrogen) atoms. The zero-order chi connectivity index (χ0) is 13.6. The molecule has 0 bridgehead atoms. The summed E-state index contributed by atoms with van der Waals surface area (Å²) < 4.78 is 18.1. The van der Waals surface area contributed by atoms with Gasteiger partial charge in [0.2, 0.25) is 0 Å². The van der Waals surface area contributed by atoms with E-state index >= 15 is 0 Å². The van der Waals surface area contributed by atoms with E-state index in [1.807, 2.05) is 29.2 Å². The Balaban J connectivity index is 1.72. The predicted octanol–water partition coefficient (Wildman–Crippen LogP) is 1.88. The van der Waals surface area contributed by atoms with Gasteiger partial charge in [0.15, 0.2) is 0 Å². The maximum atomic E-state index is 5.44. The molecule has 0 spiro atoms. The molecule has 1 rings (SSSR count). The lowest BCUT2D eigenvalue weighted by Gasteiger charge is -2.08. The molecule has 0 aliphatic rings. The fraction of sp³-hybridized carbons (Fsp3) is 0.714. The van der Waals surface area contributed by atoms with E-state index in [2.05, 4.69) is 12.3 Å². The standard InChI is InChI=1S/C14H26N2O3/c1-2-3-9-17-11-13-19-14-12-18-10-6-15-16-7-4-5-8-16/h4-5,7-8,15H,2-3,6,9-14H2,1H3. The fourth-order valence-corrected chi connectivity index (χ4v) is 1.48. The third-order valence-corrected chi connectivity index (χ3v) is 2.53. The number of hydrogen-bond donors (Lipinski definition) is 1. The highest BCUT2D eigenvalue weighted by Gasteiger charge is 1.92. The largest absolute Gasteiger partial charge is 0.379 e. The van der Waals surface area contributed by atoms with Gasteiger partial charge in [-0.25, -0.2) is 0 Å². The molecule has 110 valence electrons. The van der Waals surface area contributed by atoms with Gasteiger partial charge in [0, 0.05) is 19.0 Å². The second-order valence-corrected chi connectivity index (χ2v) is 4.19. The van der Waals surface area contributed by atoms with Crippen LogP contribution in [0, 0.1) is 0 Å². The van der Waals surface area contributed by atoms with Gasteiger partial charge in [-0.05, 0) is 18.6 Å². The molecular weight excluding hydrogens is 244 g/mol. The van der Waals surface area contributed by atoms with Crippen molar-refractivity contribution in [2.45, 2.75) is 19.8 Å². The van der Waals surface area contributed by atoms with Crippen LogP contribution in [0.3, 0.4) is 0 Å². The van der Waals surface area contributed by atoms with Crippen LogP contribution in [-0.4, -0.2) is 50.9 Å². The van der Waals surface area contributed by atoms with E-state index < -0.39 is 0 Å². The van der Waals surface area contributed by atoms with E-state index in [1.54, 1.807) is 0 Å². The lowest BCUT2D eigenvalue weighted by molar-refractivity contribution is 0.0157. The van der Waals surface area contributed by atoms with Gasteiger partial charge in [0.05, 0.1) is 39.6 Å². The topological polar surface area (TPSA) is 44.6 Å². The number of aromatic nitrogens is 1. The normalized spacial score (nSPS) is 10.8. The van der Waals surface area contributed by atoms with Gasteiger partial charge in [-0.2, -0.15) is 0 Å². The molecule has 0 saturated heterocycles. The zero-order valence-electron chi connectivity index (χ0n) is 11.8. The summed E-state index contributed by atoms with van der Waals surface area (Å²) in [6, 6.07) is 3.95. The molecule has 0 unspecified atom stereocenters. The second-order valence-electron chi connectivity index (χ2n) is 4.19. The van der Waals surface area contributed by atoms with Crippen LogP contribution in [0.4, 0.5) is 0 Å². The third kappa shape index (κ3) is 9.53. The quantitative estimate of drug-likeness (QED) is 0.556. The molecule has 0 saturated carbocycles. The van der Waals surface area contributed by atoms with Crippen molar-refractivity contribution in [1.29, 1.82) is 0 Å². The van der Waals surface area contributed by atoms with Gasteiger partial charge in [0.25, 0.3) is 0 Å². The highest BCUT2D eigenvalue weighted by Crippen LogP contribution is 1.88. The van der Waals surface area contributed by atoms with Crippen LogP contribution in [0.15, 0.2) is 24.5 Å². The summed E-state index contributed by atoms with van der Waals surface area (Å²) in [6.07, 6.45) is 6.21. The molecule has 1 N–H and O–H groups in total. The van der Waals surface area contributed by atoms with Gasteiger partial charge in [-0.1, -0.05) is 13.3 Å². The molecule has 5 nitrogen and oxygen atoms in total. The van der Waals surface area contributed by atoms with Crippen LogP contribution in [0.1, 0.15) is 19.8 Å². The fourth-order valence-electron chi connectivity index (χ4n) is 1.48. The second kappa shape index (κ2) is 12.0. The Morgan fingerprint density at radius 2 is 1.42 bits per heavy atom. The Hall–Kier alpha value is -1.04. The minimum Gasteiger partial charge on any atom is -0.379 e. The lowest BCUT2D eigenvalue weighted by Crippen LogP contribution is -2.19. The Bertz CT molecular complexity index is 278. The summed E-state index contributed by atoms with van der Waals surface area (Å²) in [5, 5.41) is 0. The maximum absolute atomic E-state index is 5.44. The number of unbranched alkanes of at least 4 members (excludes halogenated alkanes) is 1. The van der Waals surface area contributed by atoms with Crippen LogP contribution >= 0.6 is 0 Å². The number of rotatable bonds is 13. The van der Waals surface area contributed by atoms with Crippen molar-refractivity contribution >= 4 is 0 Å². The molecule has 1 aromatic heterocycles. The van der Waals surface area contributed by atoms with E-state index in [4.69, 9.17) is 14.2 Å². The van der Waals surface area contributed by atoms with Gasteiger partial charge < -0.3 is 19.6 Å². The summed E-state index contributed by atoms with van der Waals surface area (Å²) in [6.45, 7) is 7.03. The molecule has 0 fully saturated rings. The number of hydrogen-bond acceptors (Lipinski definition) is 4. The van der Waals surface area contributed by atoms with E-state index in [0.717, 1.165) is 19.6 Å². The molecule has 0 radical (unpaired) electrons. The molecule has 0 aromatic carbocycles. The summed E-state index contributed by atoms with van der Waals surface area (Å²) in [5.74, 6) is 0. The minimum atomic E-state index is 0.626. The van der Waals surface area contributed by atoms with Crippen molar-refractivity contribution in [3.8, 4) is 0 Å². The molecule has 0 atom stereocenters. The lowest BCUT2D eigenvalue weighted by atomic mass is 10.4. The monoisotopic (exact) mass is 270 g/mol. The zero-order valence-corrected chi connectivity index (χ0v) is 11.8. The summed E-state index contributed by atoms with van der Waals surface area (Å²) in [4.78, 5) is 0. The minimum absolute atomic E-state index is 0.626. The first-order valence-corrected chi connectivity index (χ1v) is 7.03. The molecule has 1 heterocycles. The van der Waals surface area contributed by atoms with Crippen LogP contribution in [0.25, 0.3) is 0 Å². The van der Waals surface area contributed by atoms with Gasteiger partial charge in [0.1, 0.15) is 0 Å². The van der Waals surface area contributed by atoms with Crippen molar-refractivity contribution in [3.05, 3.63) is 24.5 Å². The highest BCUT2D eigenvalue weighted by molar-refractivity contribution is 4.92. The Labute approximate surface area is 115 Å². The van der Waals surface area contributed by atoms with Crippen molar-refractivity contribution in [3.63, 3.8) is 0 Å². The molecule has 1 aromatic rings. The van der Waals surface area contributed by atoms with Crippen molar-refractivity contribution in [2.24, 2.45) is 0 Å². The highest BCUT2D eigenvalue weighted by atomic mass is 16.5. The van der Waals surface area contributed by atoms with E-state index in [-0.39, 0.29) is 0 Å². The van der Waals surface area contributed by atoms with Crippen molar-refractivity contribution in [1.82, 2.24) is 4.68 Å².